The maximum absolute atomic E-state index is 12.9. The molecule has 0 aromatic heterocycles. The number of alkyl halides is 3. The fourth-order valence-corrected chi connectivity index (χ4v) is 1.34. The summed E-state index contributed by atoms with van der Waals surface area (Å²) >= 11 is 0. The van der Waals surface area contributed by atoms with Crippen LogP contribution in [0.5, 0.6) is 0 Å². The number of anilines is 1. The summed E-state index contributed by atoms with van der Waals surface area (Å²) in [5.41, 5.74) is -2.55. The van der Waals surface area contributed by atoms with E-state index in [1.807, 2.05) is 0 Å². The Morgan fingerprint density at radius 2 is 1.95 bits per heavy atom. The van der Waals surface area contributed by atoms with Gasteiger partial charge in [-0.1, -0.05) is 6.07 Å². The molecule has 0 saturated carbocycles. The van der Waals surface area contributed by atoms with Gasteiger partial charge in [0, 0.05) is 5.69 Å². The Balaban J connectivity index is 2.79. The molecule has 2 N–H and O–H groups in total. The molecule has 0 aliphatic carbocycles. The third kappa shape index (κ3) is 3.92. The first-order valence-electron chi connectivity index (χ1n) is 5.38. The zero-order chi connectivity index (χ0) is 14.8. The van der Waals surface area contributed by atoms with Crippen molar-refractivity contribution >= 4 is 11.6 Å². The number of hydrogen-bond donors (Lipinski definition) is 2. The number of hydrogen-bond acceptors (Lipinski definition) is 2. The maximum atomic E-state index is 12.9. The third-order valence-electron chi connectivity index (χ3n) is 2.59. The maximum Gasteiger partial charge on any atom is 0.417 e. The van der Waals surface area contributed by atoms with Crippen molar-refractivity contribution in [2.75, 3.05) is 5.32 Å². The molecule has 0 spiro atoms. The van der Waals surface area contributed by atoms with E-state index in [9.17, 15) is 22.4 Å². The molecular weight excluding hydrogens is 266 g/mol. The van der Waals surface area contributed by atoms with Crippen LogP contribution in [0.2, 0.25) is 0 Å². The van der Waals surface area contributed by atoms with E-state index in [0.29, 0.717) is 12.5 Å². The molecule has 0 bridgehead atoms. The number of halogens is 4. The number of amides is 1. The molecule has 1 amide bonds. The van der Waals surface area contributed by atoms with Gasteiger partial charge in [-0.05, 0) is 31.5 Å². The minimum Gasteiger partial charge on any atom is -0.380 e. The molecule has 3 nitrogen and oxygen atoms in total. The predicted octanol–water partition coefficient (Wildman–Crippen LogP) is 2.78. The third-order valence-corrected chi connectivity index (χ3v) is 2.59. The highest BCUT2D eigenvalue weighted by atomic mass is 19.4. The van der Waals surface area contributed by atoms with Gasteiger partial charge in [0.25, 0.3) is 0 Å². The second kappa shape index (κ2) is 5.16. The summed E-state index contributed by atoms with van der Waals surface area (Å²) in [5.74, 6) is -1.67. The number of carbonyl (C=O) groups excluding carboxylic acids is 1. The standard InChI is InChI=1S/C12H13F4NO2/c1-7-3-4-8(13)5-9(7)17-10(18)6-11(2,19)12(14,15)16/h3-5,19H,6H2,1-2H3,(H,17,18)/t11-/m1/s1. The smallest absolute Gasteiger partial charge is 0.380 e. The highest BCUT2D eigenvalue weighted by molar-refractivity contribution is 5.92. The normalized spacial score (nSPS) is 14.9. The van der Waals surface area contributed by atoms with Gasteiger partial charge in [-0.2, -0.15) is 13.2 Å². The molecule has 1 aromatic rings. The molecule has 0 unspecified atom stereocenters. The second-order valence-corrected chi connectivity index (χ2v) is 4.46. The van der Waals surface area contributed by atoms with Crippen LogP contribution in [0.1, 0.15) is 18.9 Å². The Morgan fingerprint density at radius 1 is 1.37 bits per heavy atom. The average Bonchev–Trinajstić information content (AvgIpc) is 2.21. The lowest BCUT2D eigenvalue weighted by molar-refractivity contribution is -0.252. The summed E-state index contributed by atoms with van der Waals surface area (Å²) in [5, 5.41) is 11.3. The first kappa shape index (κ1) is 15.4. The molecule has 1 rings (SSSR count). The fourth-order valence-electron chi connectivity index (χ4n) is 1.34. The van der Waals surface area contributed by atoms with Gasteiger partial charge in [0.1, 0.15) is 5.82 Å². The Labute approximate surface area is 107 Å². The van der Waals surface area contributed by atoms with Crippen LogP contribution in [0.4, 0.5) is 23.2 Å². The topological polar surface area (TPSA) is 49.3 Å². The van der Waals surface area contributed by atoms with Gasteiger partial charge in [0.15, 0.2) is 5.60 Å². The van der Waals surface area contributed by atoms with E-state index in [2.05, 4.69) is 5.32 Å². The molecule has 0 radical (unpaired) electrons. The predicted molar refractivity (Wildman–Crippen MR) is 61.1 cm³/mol. The summed E-state index contributed by atoms with van der Waals surface area (Å²) in [6, 6.07) is 3.54. The molecular formula is C12H13F4NO2. The van der Waals surface area contributed by atoms with E-state index in [1.54, 1.807) is 6.92 Å². The van der Waals surface area contributed by atoms with Crippen LogP contribution in [-0.2, 0) is 4.79 Å². The van der Waals surface area contributed by atoms with Gasteiger partial charge in [-0.3, -0.25) is 4.79 Å². The minimum absolute atomic E-state index is 0.0722. The van der Waals surface area contributed by atoms with Crippen molar-refractivity contribution in [3.05, 3.63) is 29.6 Å². The van der Waals surface area contributed by atoms with Gasteiger partial charge in [-0.15, -0.1) is 0 Å². The van der Waals surface area contributed by atoms with Gasteiger partial charge in [0.05, 0.1) is 6.42 Å². The largest absolute Gasteiger partial charge is 0.417 e. The Morgan fingerprint density at radius 3 is 2.47 bits per heavy atom. The second-order valence-electron chi connectivity index (χ2n) is 4.46. The molecule has 0 saturated heterocycles. The highest BCUT2D eigenvalue weighted by Gasteiger charge is 2.50. The molecule has 106 valence electrons. The highest BCUT2D eigenvalue weighted by Crippen LogP contribution is 2.32. The van der Waals surface area contributed by atoms with E-state index < -0.39 is 29.9 Å². The Hall–Kier alpha value is -1.63. The van der Waals surface area contributed by atoms with E-state index in [0.717, 1.165) is 12.1 Å². The summed E-state index contributed by atoms with van der Waals surface area (Å²) in [7, 11) is 0. The number of benzene rings is 1. The lowest BCUT2D eigenvalue weighted by Gasteiger charge is -2.25. The zero-order valence-electron chi connectivity index (χ0n) is 10.3. The van der Waals surface area contributed by atoms with Crippen molar-refractivity contribution < 1.29 is 27.5 Å². The van der Waals surface area contributed by atoms with Crippen LogP contribution in [-0.4, -0.2) is 22.8 Å². The van der Waals surface area contributed by atoms with E-state index in [1.165, 1.54) is 6.07 Å². The molecule has 1 aromatic carbocycles. The molecule has 0 heterocycles. The van der Waals surface area contributed by atoms with Crippen molar-refractivity contribution in [2.45, 2.75) is 32.0 Å². The molecule has 0 aliphatic rings. The van der Waals surface area contributed by atoms with Crippen molar-refractivity contribution in [1.29, 1.82) is 0 Å². The van der Waals surface area contributed by atoms with Gasteiger partial charge < -0.3 is 10.4 Å². The molecule has 1 atom stereocenters. The van der Waals surface area contributed by atoms with Crippen molar-refractivity contribution in [3.8, 4) is 0 Å². The van der Waals surface area contributed by atoms with Crippen molar-refractivity contribution in [3.63, 3.8) is 0 Å². The molecule has 0 aliphatic heterocycles. The van der Waals surface area contributed by atoms with Gasteiger partial charge in [-0.25, -0.2) is 4.39 Å². The van der Waals surface area contributed by atoms with Crippen LogP contribution in [0.15, 0.2) is 18.2 Å². The Kier molecular flexibility index (Phi) is 4.19. The average molecular weight is 279 g/mol. The first-order valence-corrected chi connectivity index (χ1v) is 5.38. The monoisotopic (exact) mass is 279 g/mol. The summed E-state index contributed by atoms with van der Waals surface area (Å²) < 4.78 is 50.1. The van der Waals surface area contributed by atoms with Crippen LogP contribution < -0.4 is 5.32 Å². The summed E-state index contributed by atoms with van der Waals surface area (Å²) in [6.45, 7) is 2.07. The van der Waals surface area contributed by atoms with Crippen LogP contribution in [0.3, 0.4) is 0 Å². The SMILES string of the molecule is Cc1ccc(F)cc1NC(=O)C[C@@](C)(O)C(F)(F)F. The number of carbonyl (C=O) groups is 1. The minimum atomic E-state index is -4.92. The lowest BCUT2D eigenvalue weighted by atomic mass is 10.0. The quantitative estimate of drug-likeness (QED) is 0.836. The zero-order valence-corrected chi connectivity index (χ0v) is 10.3. The first-order chi connectivity index (χ1) is 8.53. The molecule has 19 heavy (non-hydrogen) atoms. The van der Waals surface area contributed by atoms with E-state index in [4.69, 9.17) is 5.11 Å². The number of nitrogens with one attached hydrogen (secondary N) is 1. The van der Waals surface area contributed by atoms with Crippen LogP contribution in [0.25, 0.3) is 0 Å². The molecule has 7 heteroatoms. The fraction of sp³-hybridized carbons (Fsp3) is 0.417. The van der Waals surface area contributed by atoms with Crippen LogP contribution in [0, 0.1) is 12.7 Å². The van der Waals surface area contributed by atoms with E-state index >= 15 is 0 Å². The van der Waals surface area contributed by atoms with Crippen molar-refractivity contribution in [1.82, 2.24) is 0 Å². The number of aryl methyl sites for hydroxylation is 1. The Bertz CT molecular complexity index is 483. The van der Waals surface area contributed by atoms with Crippen LogP contribution >= 0.6 is 0 Å². The lowest BCUT2D eigenvalue weighted by Crippen LogP contribution is -2.44. The number of rotatable bonds is 3. The molecule has 0 fully saturated rings. The summed E-state index contributed by atoms with van der Waals surface area (Å²) in [6.07, 6.45) is -6.08. The van der Waals surface area contributed by atoms with Gasteiger partial charge in [0.2, 0.25) is 5.91 Å². The van der Waals surface area contributed by atoms with E-state index in [-0.39, 0.29) is 5.69 Å². The van der Waals surface area contributed by atoms with Crippen molar-refractivity contribution in [2.24, 2.45) is 0 Å². The number of aliphatic hydroxyl groups is 1. The van der Waals surface area contributed by atoms with Gasteiger partial charge >= 0.3 is 6.18 Å². The summed E-state index contributed by atoms with van der Waals surface area (Å²) in [4.78, 5) is 11.4.